The molecule has 7 heteroatoms. The van der Waals surface area contributed by atoms with Gasteiger partial charge in [0.1, 0.15) is 28.7 Å². The van der Waals surface area contributed by atoms with Crippen LogP contribution in [0.2, 0.25) is 0 Å². The molecule has 120 valence electrons. The number of fused-ring (bicyclic) bond motifs is 1. The Hall–Kier alpha value is -2.09. The quantitative estimate of drug-likeness (QED) is 0.620. The predicted molar refractivity (Wildman–Crippen MR) is 78.1 cm³/mol. The van der Waals surface area contributed by atoms with Crippen molar-refractivity contribution in [2.45, 2.75) is 31.7 Å². The Morgan fingerprint density at radius 1 is 1.23 bits per heavy atom. The number of ether oxygens (including phenoxy) is 1. The second-order valence-corrected chi connectivity index (χ2v) is 5.11. The number of aliphatic hydroxyl groups is 3. The summed E-state index contributed by atoms with van der Waals surface area (Å²) in [6, 6.07) is 4.31. The third-order valence-electron chi connectivity index (χ3n) is 3.40. The van der Waals surface area contributed by atoms with Gasteiger partial charge in [0.25, 0.3) is 0 Å². The predicted octanol–water partition coefficient (Wildman–Crippen LogP) is 0.152. The summed E-state index contributed by atoms with van der Waals surface area (Å²) in [5.41, 5.74) is -0.758. The molecule has 0 saturated heterocycles. The zero-order valence-electron chi connectivity index (χ0n) is 12.2. The molecule has 7 nitrogen and oxygen atoms in total. The topological polar surface area (TPSA) is 120 Å². The summed E-state index contributed by atoms with van der Waals surface area (Å²) in [7, 11) is 1.43. The number of phenolic OH excluding ortho intramolecular Hbond substituents is 1. The van der Waals surface area contributed by atoms with Crippen LogP contribution in [0.1, 0.15) is 12.7 Å². The minimum absolute atomic E-state index is 0.00937. The molecule has 1 aromatic heterocycles. The standard InChI is InChI=1S/C15H18O7/c1-7(16)14(19)12(18)6-10-4-8-3-9(21-2)5-11(17)13(8)15(20)22-10/h3-5,7,12,14,16-19H,6H2,1-2H3. The minimum Gasteiger partial charge on any atom is -0.507 e. The van der Waals surface area contributed by atoms with Crippen LogP contribution in [-0.2, 0) is 6.42 Å². The van der Waals surface area contributed by atoms with Crippen molar-refractivity contribution in [1.29, 1.82) is 0 Å². The van der Waals surface area contributed by atoms with E-state index in [1.54, 1.807) is 6.07 Å². The molecule has 0 aliphatic carbocycles. The lowest BCUT2D eigenvalue weighted by atomic mass is 10.0. The summed E-state index contributed by atoms with van der Waals surface area (Å²) < 4.78 is 10.1. The minimum atomic E-state index is -1.36. The highest BCUT2D eigenvalue weighted by molar-refractivity contribution is 5.88. The third kappa shape index (κ3) is 3.22. The lowest BCUT2D eigenvalue weighted by Gasteiger charge is -2.19. The van der Waals surface area contributed by atoms with E-state index in [-0.39, 0.29) is 23.3 Å². The van der Waals surface area contributed by atoms with Gasteiger partial charge in [0.15, 0.2) is 0 Å². The first kappa shape index (κ1) is 16.3. The van der Waals surface area contributed by atoms with Crippen LogP contribution in [0, 0.1) is 0 Å². The molecule has 0 spiro atoms. The highest BCUT2D eigenvalue weighted by Gasteiger charge is 2.23. The van der Waals surface area contributed by atoms with Gasteiger partial charge >= 0.3 is 5.63 Å². The molecule has 1 aromatic carbocycles. The number of aromatic hydroxyl groups is 1. The lowest BCUT2D eigenvalue weighted by molar-refractivity contribution is -0.0526. The summed E-state index contributed by atoms with van der Waals surface area (Å²) >= 11 is 0. The Morgan fingerprint density at radius 3 is 2.50 bits per heavy atom. The number of aliphatic hydroxyl groups excluding tert-OH is 3. The Labute approximate surface area is 126 Å². The lowest BCUT2D eigenvalue weighted by Crippen LogP contribution is -2.36. The number of hydrogen-bond donors (Lipinski definition) is 4. The van der Waals surface area contributed by atoms with Crippen molar-refractivity contribution in [3.8, 4) is 11.5 Å². The highest BCUT2D eigenvalue weighted by Crippen LogP contribution is 2.28. The van der Waals surface area contributed by atoms with E-state index in [1.807, 2.05) is 0 Å². The summed E-state index contributed by atoms with van der Waals surface area (Å²) in [5, 5.41) is 38.9. The molecule has 0 fully saturated rings. The first-order valence-electron chi connectivity index (χ1n) is 6.71. The Kier molecular flexibility index (Phi) is 4.70. The second-order valence-electron chi connectivity index (χ2n) is 5.11. The number of benzene rings is 1. The molecular weight excluding hydrogens is 292 g/mol. The fourth-order valence-corrected chi connectivity index (χ4v) is 2.20. The zero-order valence-corrected chi connectivity index (χ0v) is 12.2. The van der Waals surface area contributed by atoms with E-state index in [0.717, 1.165) is 0 Å². The molecule has 0 amide bonds. The maximum atomic E-state index is 11.9. The third-order valence-corrected chi connectivity index (χ3v) is 3.40. The average Bonchev–Trinajstić information content (AvgIpc) is 2.45. The fourth-order valence-electron chi connectivity index (χ4n) is 2.20. The fraction of sp³-hybridized carbons (Fsp3) is 0.400. The van der Waals surface area contributed by atoms with Gasteiger partial charge in [-0.1, -0.05) is 0 Å². The molecule has 3 atom stereocenters. The highest BCUT2D eigenvalue weighted by atomic mass is 16.5. The van der Waals surface area contributed by atoms with E-state index in [0.29, 0.717) is 11.1 Å². The van der Waals surface area contributed by atoms with Crippen molar-refractivity contribution in [3.05, 3.63) is 34.4 Å². The summed E-state index contributed by atoms with van der Waals surface area (Å²) in [4.78, 5) is 11.9. The van der Waals surface area contributed by atoms with Gasteiger partial charge in [-0.3, -0.25) is 0 Å². The summed E-state index contributed by atoms with van der Waals surface area (Å²) in [6.07, 6.45) is -3.93. The summed E-state index contributed by atoms with van der Waals surface area (Å²) in [6.45, 7) is 1.34. The van der Waals surface area contributed by atoms with Crippen molar-refractivity contribution < 1.29 is 29.6 Å². The molecule has 0 aliphatic heterocycles. The molecule has 0 aliphatic rings. The van der Waals surface area contributed by atoms with Crippen molar-refractivity contribution in [3.63, 3.8) is 0 Å². The smallest absolute Gasteiger partial charge is 0.347 e. The van der Waals surface area contributed by atoms with E-state index in [1.165, 1.54) is 26.2 Å². The van der Waals surface area contributed by atoms with Gasteiger partial charge in [-0.2, -0.15) is 0 Å². The molecule has 3 unspecified atom stereocenters. The average molecular weight is 310 g/mol. The first-order chi connectivity index (χ1) is 10.3. The number of rotatable bonds is 5. The van der Waals surface area contributed by atoms with Crippen LogP contribution < -0.4 is 10.4 Å². The van der Waals surface area contributed by atoms with Gasteiger partial charge in [0.2, 0.25) is 0 Å². The van der Waals surface area contributed by atoms with Gasteiger partial charge in [-0.25, -0.2) is 4.79 Å². The Bertz CT molecular complexity index is 720. The summed E-state index contributed by atoms with van der Waals surface area (Å²) in [5.74, 6) is 0.225. The maximum Gasteiger partial charge on any atom is 0.347 e. The van der Waals surface area contributed by atoms with Crippen molar-refractivity contribution in [1.82, 2.24) is 0 Å². The monoisotopic (exact) mass is 310 g/mol. The van der Waals surface area contributed by atoms with E-state index in [9.17, 15) is 25.2 Å². The molecule has 2 rings (SSSR count). The van der Waals surface area contributed by atoms with Crippen LogP contribution in [-0.4, -0.2) is 45.8 Å². The molecule has 0 saturated carbocycles. The number of phenols is 1. The Balaban J connectivity index is 2.43. The van der Waals surface area contributed by atoms with E-state index >= 15 is 0 Å². The maximum absolute atomic E-state index is 11.9. The first-order valence-corrected chi connectivity index (χ1v) is 6.71. The van der Waals surface area contributed by atoms with E-state index in [2.05, 4.69) is 0 Å². The molecule has 0 radical (unpaired) electrons. The van der Waals surface area contributed by atoms with Gasteiger partial charge < -0.3 is 29.6 Å². The number of hydrogen-bond acceptors (Lipinski definition) is 7. The van der Waals surface area contributed by atoms with Crippen molar-refractivity contribution in [2.75, 3.05) is 7.11 Å². The molecule has 4 N–H and O–H groups in total. The van der Waals surface area contributed by atoms with Crippen molar-refractivity contribution in [2.24, 2.45) is 0 Å². The van der Waals surface area contributed by atoms with Gasteiger partial charge in [-0.15, -0.1) is 0 Å². The van der Waals surface area contributed by atoms with E-state index in [4.69, 9.17) is 9.15 Å². The molecule has 1 heterocycles. The Morgan fingerprint density at radius 2 is 1.91 bits per heavy atom. The largest absolute Gasteiger partial charge is 0.507 e. The van der Waals surface area contributed by atoms with Crippen LogP contribution in [0.5, 0.6) is 11.5 Å². The van der Waals surface area contributed by atoms with Crippen LogP contribution in [0.4, 0.5) is 0 Å². The zero-order chi connectivity index (χ0) is 16.4. The van der Waals surface area contributed by atoms with Crippen LogP contribution in [0.15, 0.2) is 27.4 Å². The van der Waals surface area contributed by atoms with Gasteiger partial charge in [0, 0.05) is 12.5 Å². The van der Waals surface area contributed by atoms with E-state index < -0.39 is 23.9 Å². The van der Waals surface area contributed by atoms with Crippen LogP contribution in [0.25, 0.3) is 10.8 Å². The normalized spacial score (nSPS) is 15.5. The molecule has 2 aromatic rings. The molecular formula is C15H18O7. The second kappa shape index (κ2) is 6.35. The SMILES string of the molecule is COc1cc(O)c2c(=O)oc(CC(O)C(O)C(C)O)cc2c1. The van der Waals surface area contributed by atoms with Gasteiger partial charge in [-0.05, 0) is 24.4 Å². The number of methoxy groups -OCH3 is 1. The van der Waals surface area contributed by atoms with Crippen LogP contribution >= 0.6 is 0 Å². The van der Waals surface area contributed by atoms with Crippen molar-refractivity contribution >= 4 is 10.8 Å². The van der Waals surface area contributed by atoms with Crippen LogP contribution in [0.3, 0.4) is 0 Å². The molecule has 22 heavy (non-hydrogen) atoms. The van der Waals surface area contributed by atoms with Gasteiger partial charge in [0.05, 0.1) is 19.3 Å². The molecule has 0 bridgehead atoms.